The minimum atomic E-state index is -0.498. The number of rotatable bonds is 6. The zero-order valence-electron chi connectivity index (χ0n) is 21.3. The summed E-state index contributed by atoms with van der Waals surface area (Å²) in [7, 11) is 0. The molecule has 192 valence electrons. The number of amides is 1. The molecule has 6 aromatic rings. The molecule has 0 aliphatic carbocycles. The van der Waals surface area contributed by atoms with E-state index in [4.69, 9.17) is 0 Å². The number of fused-ring (bicyclic) bond motifs is 2. The molecule has 0 fully saturated rings. The van der Waals surface area contributed by atoms with Crippen molar-refractivity contribution in [1.29, 1.82) is 0 Å². The quantitative estimate of drug-likeness (QED) is 0.307. The van der Waals surface area contributed by atoms with Gasteiger partial charge in [0, 0.05) is 35.4 Å². The van der Waals surface area contributed by atoms with Crippen LogP contribution in [-0.4, -0.2) is 30.1 Å². The Bertz CT molecular complexity index is 1910. The summed E-state index contributed by atoms with van der Waals surface area (Å²) in [6.45, 7) is 3.66. The molecule has 9 heteroatoms. The summed E-state index contributed by atoms with van der Waals surface area (Å²) in [5.41, 5.74) is 3.48. The molecule has 4 aromatic heterocycles. The molecule has 1 amide bonds. The third-order valence-electron chi connectivity index (χ3n) is 6.57. The van der Waals surface area contributed by atoms with E-state index in [1.165, 1.54) is 11.3 Å². The Morgan fingerprint density at radius 3 is 2.67 bits per heavy atom. The van der Waals surface area contributed by atoms with Crippen LogP contribution in [-0.2, 0) is 0 Å². The first-order valence-electron chi connectivity index (χ1n) is 12.4. The minimum Gasteiger partial charge on any atom is -0.344 e. The van der Waals surface area contributed by atoms with E-state index in [1.807, 2.05) is 79.1 Å². The van der Waals surface area contributed by atoms with E-state index >= 15 is 0 Å². The van der Waals surface area contributed by atoms with Crippen molar-refractivity contribution in [2.24, 2.45) is 0 Å². The van der Waals surface area contributed by atoms with Crippen molar-refractivity contribution in [3.63, 3.8) is 0 Å². The van der Waals surface area contributed by atoms with Gasteiger partial charge in [-0.2, -0.15) is 5.10 Å². The number of benzene rings is 2. The lowest BCUT2D eigenvalue weighted by Crippen LogP contribution is -2.32. The van der Waals surface area contributed by atoms with E-state index in [0.29, 0.717) is 33.7 Å². The summed E-state index contributed by atoms with van der Waals surface area (Å²) in [6.07, 6.45) is 8.97. The molecule has 0 unspecified atom stereocenters. The van der Waals surface area contributed by atoms with Gasteiger partial charge in [-0.3, -0.25) is 14.2 Å². The molecule has 0 spiro atoms. The van der Waals surface area contributed by atoms with Crippen LogP contribution in [0, 0.1) is 6.92 Å². The van der Waals surface area contributed by atoms with Gasteiger partial charge in [-0.25, -0.2) is 14.5 Å². The van der Waals surface area contributed by atoms with Crippen molar-refractivity contribution < 1.29 is 4.79 Å². The zero-order valence-corrected chi connectivity index (χ0v) is 22.1. The summed E-state index contributed by atoms with van der Waals surface area (Å²) in [5, 5.41) is 11.6. The number of aryl methyl sites for hydroxylation is 1. The van der Waals surface area contributed by atoms with Crippen molar-refractivity contribution in [2.45, 2.75) is 19.9 Å². The Labute approximate surface area is 227 Å². The Balaban J connectivity index is 1.47. The molecular formula is C30H24N6O2S. The highest BCUT2D eigenvalue weighted by molar-refractivity contribution is 7.10. The van der Waals surface area contributed by atoms with Crippen molar-refractivity contribution in [2.75, 3.05) is 0 Å². The summed E-state index contributed by atoms with van der Waals surface area (Å²) in [4.78, 5) is 36.3. The van der Waals surface area contributed by atoms with Gasteiger partial charge in [-0.15, -0.1) is 11.3 Å². The monoisotopic (exact) mass is 532 g/mol. The molecule has 0 aliphatic rings. The second-order valence-corrected chi connectivity index (χ2v) is 10.0. The minimum absolute atomic E-state index is 0.164. The molecule has 39 heavy (non-hydrogen) atoms. The van der Waals surface area contributed by atoms with Crippen LogP contribution < -0.4 is 10.9 Å². The predicted octanol–water partition coefficient (Wildman–Crippen LogP) is 5.46. The topological polar surface area (TPSA) is 94.2 Å². The largest absolute Gasteiger partial charge is 0.344 e. The van der Waals surface area contributed by atoms with Crippen LogP contribution in [0.4, 0.5) is 0 Å². The third-order valence-corrected chi connectivity index (χ3v) is 7.31. The summed E-state index contributed by atoms with van der Waals surface area (Å²) >= 11 is 1.53. The molecule has 1 N–H and O–H groups in total. The van der Waals surface area contributed by atoms with Gasteiger partial charge >= 0.3 is 0 Å². The number of hydrogen-bond acceptors (Lipinski definition) is 6. The molecule has 2 aromatic carbocycles. The first-order chi connectivity index (χ1) is 19.0. The second kappa shape index (κ2) is 10.1. The molecule has 8 nitrogen and oxygen atoms in total. The zero-order chi connectivity index (χ0) is 26.9. The molecule has 0 aliphatic heterocycles. The maximum absolute atomic E-state index is 14.2. The number of aromatic nitrogens is 5. The third kappa shape index (κ3) is 4.53. The van der Waals surface area contributed by atoms with E-state index in [-0.39, 0.29) is 11.5 Å². The lowest BCUT2D eigenvalue weighted by molar-refractivity contribution is 0.0939. The lowest BCUT2D eigenvalue weighted by Gasteiger charge is -2.21. The number of hydrogen-bond donors (Lipinski definition) is 1. The molecule has 0 saturated heterocycles. The van der Waals surface area contributed by atoms with E-state index in [0.717, 1.165) is 16.0 Å². The number of para-hydroxylation sites is 1. The van der Waals surface area contributed by atoms with Crippen LogP contribution in [0.1, 0.15) is 45.3 Å². The molecule has 6 rings (SSSR count). The van der Waals surface area contributed by atoms with Gasteiger partial charge in [0.15, 0.2) is 5.65 Å². The molecule has 0 saturated carbocycles. The molecule has 1 atom stereocenters. The molecular weight excluding hydrogens is 508 g/mol. The first kappa shape index (κ1) is 24.4. The average Bonchev–Trinajstić information content (AvgIpc) is 3.59. The number of carbonyl (C=O) groups excluding carboxylic acids is 1. The van der Waals surface area contributed by atoms with Gasteiger partial charge in [0.25, 0.3) is 11.5 Å². The maximum atomic E-state index is 14.2. The molecule has 4 heterocycles. The van der Waals surface area contributed by atoms with Crippen molar-refractivity contribution in [3.05, 3.63) is 123 Å². The molecule has 0 bridgehead atoms. The Morgan fingerprint density at radius 2 is 1.87 bits per heavy atom. The van der Waals surface area contributed by atoms with Gasteiger partial charge in [0.2, 0.25) is 0 Å². The van der Waals surface area contributed by atoms with Crippen molar-refractivity contribution >= 4 is 45.8 Å². The fourth-order valence-corrected chi connectivity index (χ4v) is 5.32. The number of nitrogens with zero attached hydrogens (tertiary/aromatic N) is 5. The SMILES string of the molecule is Cc1nn2cccnc2c1C(=O)N[C@H](C)c1cc2cccc(/C=C/c3nccs3)c2c(=O)n1-c1ccccc1. The fourth-order valence-electron chi connectivity index (χ4n) is 4.79. The lowest BCUT2D eigenvalue weighted by atomic mass is 10.0. The van der Waals surface area contributed by atoms with E-state index in [2.05, 4.69) is 20.4 Å². The number of nitrogens with one attached hydrogen (secondary N) is 1. The smallest absolute Gasteiger partial charge is 0.263 e. The standard InChI is InChI=1S/C30H24N6O2S/c1-19(33-29(37)26-20(2)34-35-16-7-14-32-28(26)35)24-18-22-9-6-8-21(12-13-25-31-15-17-39-25)27(22)30(38)36(24)23-10-4-3-5-11-23/h3-19H,1-2H3,(H,33,37)/b13-12+/t19-/m1/s1. The van der Waals surface area contributed by atoms with Crippen LogP contribution in [0.2, 0.25) is 0 Å². The average molecular weight is 533 g/mol. The van der Waals surface area contributed by atoms with Crippen molar-refractivity contribution in [3.8, 4) is 5.69 Å². The summed E-state index contributed by atoms with van der Waals surface area (Å²) in [6, 6.07) is 18.5. The highest BCUT2D eigenvalue weighted by Crippen LogP contribution is 2.25. The Kier molecular flexibility index (Phi) is 6.34. The highest BCUT2D eigenvalue weighted by Gasteiger charge is 2.23. The predicted molar refractivity (Wildman–Crippen MR) is 154 cm³/mol. The van der Waals surface area contributed by atoms with Crippen LogP contribution in [0.15, 0.2) is 89.4 Å². The van der Waals surface area contributed by atoms with E-state index < -0.39 is 6.04 Å². The first-order valence-corrected chi connectivity index (χ1v) is 13.3. The molecule has 0 radical (unpaired) electrons. The van der Waals surface area contributed by atoms with Gasteiger partial charge in [-0.05, 0) is 55.1 Å². The van der Waals surface area contributed by atoms with Gasteiger partial charge in [0.1, 0.15) is 10.6 Å². The maximum Gasteiger partial charge on any atom is 0.263 e. The summed E-state index contributed by atoms with van der Waals surface area (Å²) in [5.74, 6) is -0.305. The number of thiazole rings is 1. The Morgan fingerprint density at radius 1 is 1.03 bits per heavy atom. The number of pyridine rings is 1. The van der Waals surface area contributed by atoms with Crippen LogP contribution in [0.3, 0.4) is 0 Å². The normalized spacial score (nSPS) is 12.4. The number of carbonyl (C=O) groups is 1. The van der Waals surface area contributed by atoms with Crippen LogP contribution in [0.5, 0.6) is 0 Å². The van der Waals surface area contributed by atoms with E-state index in [9.17, 15) is 9.59 Å². The van der Waals surface area contributed by atoms with Gasteiger partial charge in [0.05, 0.1) is 17.1 Å². The second-order valence-electron chi connectivity index (χ2n) is 9.10. The highest BCUT2D eigenvalue weighted by atomic mass is 32.1. The fraction of sp³-hybridized carbons (Fsp3) is 0.100. The van der Waals surface area contributed by atoms with E-state index in [1.54, 1.807) is 40.7 Å². The van der Waals surface area contributed by atoms with Crippen molar-refractivity contribution in [1.82, 2.24) is 29.5 Å². The van der Waals surface area contributed by atoms with Crippen LogP contribution in [0.25, 0.3) is 34.3 Å². The summed E-state index contributed by atoms with van der Waals surface area (Å²) < 4.78 is 3.26. The Hall–Kier alpha value is -4.89. The van der Waals surface area contributed by atoms with Gasteiger partial charge in [-0.1, -0.05) is 42.5 Å². The van der Waals surface area contributed by atoms with Gasteiger partial charge < -0.3 is 5.32 Å². The van der Waals surface area contributed by atoms with Crippen LogP contribution >= 0.6 is 11.3 Å².